The Kier molecular flexibility index (Phi) is 5.98. The number of halogens is 2. The second kappa shape index (κ2) is 8.11. The minimum absolute atomic E-state index is 0.267. The fourth-order valence-corrected chi connectivity index (χ4v) is 3.78. The van der Waals surface area contributed by atoms with Gasteiger partial charge in [0.1, 0.15) is 29.3 Å². The summed E-state index contributed by atoms with van der Waals surface area (Å²) in [5.74, 6) is 2.05. The van der Waals surface area contributed by atoms with Gasteiger partial charge in [-0.25, -0.2) is 4.98 Å². The van der Waals surface area contributed by atoms with E-state index in [1.165, 1.54) is 6.33 Å². The molecular formula is C21H23Cl2N3O2. The van der Waals surface area contributed by atoms with Gasteiger partial charge in [0.25, 0.3) is 0 Å². The lowest BCUT2D eigenvalue weighted by Crippen LogP contribution is -2.44. The molecule has 3 rings (SSSR count). The fourth-order valence-electron chi connectivity index (χ4n) is 3.33. The van der Waals surface area contributed by atoms with E-state index >= 15 is 0 Å². The van der Waals surface area contributed by atoms with Crippen LogP contribution in [0.3, 0.4) is 0 Å². The number of nitrogens with one attached hydrogen (secondary N) is 1. The highest BCUT2D eigenvalue weighted by Gasteiger charge is 2.46. The third kappa shape index (κ3) is 4.17. The number of methoxy groups -OCH3 is 1. The van der Waals surface area contributed by atoms with Crippen molar-refractivity contribution in [2.75, 3.05) is 7.11 Å². The summed E-state index contributed by atoms with van der Waals surface area (Å²) in [6.07, 6.45) is 1.99. The number of H-pyrrole nitrogens is 1. The molecule has 1 aromatic heterocycles. The molecule has 0 fully saturated rings. The first-order valence-corrected chi connectivity index (χ1v) is 9.63. The number of hydrogen-bond acceptors (Lipinski definition) is 4. The number of nitrogens with zero attached hydrogens (tertiary/aromatic N) is 2. The van der Waals surface area contributed by atoms with Gasteiger partial charge in [-0.1, -0.05) is 50.0 Å². The molecule has 2 aromatic carbocycles. The van der Waals surface area contributed by atoms with Crippen molar-refractivity contribution in [3.8, 4) is 11.5 Å². The van der Waals surface area contributed by atoms with Gasteiger partial charge in [0.05, 0.1) is 5.02 Å². The Morgan fingerprint density at radius 2 is 1.68 bits per heavy atom. The summed E-state index contributed by atoms with van der Waals surface area (Å²) in [4.78, 5) is 4.27. The first-order valence-electron chi connectivity index (χ1n) is 8.88. The van der Waals surface area contributed by atoms with Crippen molar-refractivity contribution >= 4 is 23.2 Å². The van der Waals surface area contributed by atoms with Crippen LogP contribution < -0.4 is 4.74 Å². The smallest absolute Gasteiger partial charge is 0.137 e. The van der Waals surface area contributed by atoms with Crippen LogP contribution in [-0.2, 0) is 16.8 Å². The van der Waals surface area contributed by atoms with E-state index in [1.54, 1.807) is 25.3 Å². The number of benzene rings is 2. The highest BCUT2D eigenvalue weighted by atomic mass is 35.5. The van der Waals surface area contributed by atoms with Gasteiger partial charge in [0.15, 0.2) is 0 Å². The number of rotatable bonds is 6. The molecule has 0 aliphatic heterocycles. The number of hydrogen-bond donors (Lipinski definition) is 1. The lowest BCUT2D eigenvalue weighted by atomic mass is 9.70. The van der Waals surface area contributed by atoms with Crippen molar-refractivity contribution in [1.29, 1.82) is 0 Å². The number of ether oxygens (including phenoxy) is 2. The molecule has 1 N–H and O–H groups in total. The van der Waals surface area contributed by atoms with Crippen LogP contribution >= 0.6 is 23.2 Å². The molecule has 0 bridgehead atoms. The lowest BCUT2D eigenvalue weighted by molar-refractivity contribution is -0.0998. The van der Waals surface area contributed by atoms with Gasteiger partial charge in [-0.15, -0.1) is 0 Å². The van der Waals surface area contributed by atoms with Crippen molar-refractivity contribution in [2.45, 2.75) is 32.8 Å². The van der Waals surface area contributed by atoms with E-state index in [1.807, 2.05) is 24.3 Å². The quantitative estimate of drug-likeness (QED) is 0.529. The van der Waals surface area contributed by atoms with E-state index in [0.29, 0.717) is 28.0 Å². The summed E-state index contributed by atoms with van der Waals surface area (Å²) >= 11 is 12.6. The predicted molar refractivity (Wildman–Crippen MR) is 111 cm³/mol. The maximum Gasteiger partial charge on any atom is 0.137 e. The van der Waals surface area contributed by atoms with E-state index in [0.717, 1.165) is 11.4 Å². The minimum Gasteiger partial charge on any atom is -0.457 e. The third-order valence-electron chi connectivity index (χ3n) is 4.87. The summed E-state index contributed by atoms with van der Waals surface area (Å²) < 4.78 is 12.0. The first kappa shape index (κ1) is 20.6. The van der Waals surface area contributed by atoms with Crippen LogP contribution in [0.1, 0.15) is 32.2 Å². The highest BCUT2D eigenvalue weighted by Crippen LogP contribution is 2.47. The van der Waals surface area contributed by atoms with Gasteiger partial charge < -0.3 is 9.47 Å². The van der Waals surface area contributed by atoms with E-state index in [9.17, 15) is 0 Å². The summed E-state index contributed by atoms with van der Waals surface area (Å²) in [6.45, 7) is 6.34. The minimum atomic E-state index is -0.706. The van der Waals surface area contributed by atoms with Crippen LogP contribution in [0, 0.1) is 5.41 Å². The summed E-state index contributed by atoms with van der Waals surface area (Å²) in [6, 6.07) is 12.8. The molecular weight excluding hydrogens is 397 g/mol. The van der Waals surface area contributed by atoms with Crippen molar-refractivity contribution in [3.63, 3.8) is 0 Å². The number of aromatic nitrogens is 3. The molecule has 0 saturated carbocycles. The fraction of sp³-hybridized carbons (Fsp3) is 0.333. The highest BCUT2D eigenvalue weighted by molar-refractivity contribution is 6.31. The molecule has 0 aliphatic rings. The Bertz CT molecular complexity index is 922. The van der Waals surface area contributed by atoms with Crippen molar-refractivity contribution in [3.05, 3.63) is 70.2 Å². The van der Waals surface area contributed by atoms with Crippen LogP contribution in [0.4, 0.5) is 0 Å². The van der Waals surface area contributed by atoms with E-state index in [4.69, 9.17) is 32.7 Å². The van der Waals surface area contributed by atoms with Crippen molar-refractivity contribution in [1.82, 2.24) is 15.2 Å². The molecule has 1 heterocycles. The molecule has 0 aliphatic carbocycles. The van der Waals surface area contributed by atoms with Gasteiger partial charge in [-0.2, -0.15) is 5.10 Å². The Balaban J connectivity index is 1.97. The van der Waals surface area contributed by atoms with Crippen LogP contribution in [0.5, 0.6) is 11.5 Å². The van der Waals surface area contributed by atoms with Crippen molar-refractivity contribution in [2.24, 2.45) is 5.41 Å². The molecule has 0 amide bonds. The van der Waals surface area contributed by atoms with E-state index in [-0.39, 0.29) is 5.41 Å². The molecule has 0 radical (unpaired) electrons. The maximum atomic E-state index is 6.70. The van der Waals surface area contributed by atoms with Gasteiger partial charge >= 0.3 is 0 Å². The molecule has 1 atom stereocenters. The zero-order valence-electron chi connectivity index (χ0n) is 16.3. The van der Waals surface area contributed by atoms with Crippen LogP contribution in [0.15, 0.2) is 48.8 Å². The normalized spacial score (nSPS) is 13.9. The Hall–Kier alpha value is -2.08. The molecule has 3 aromatic rings. The zero-order chi connectivity index (χ0) is 20.4. The SMILES string of the molecule is COC(Cc1ncn[nH]1)(c1ccc(Oc2ccc(Cl)cc2)cc1Cl)C(C)(C)C. The molecule has 0 spiro atoms. The van der Waals surface area contributed by atoms with Crippen LogP contribution in [0.2, 0.25) is 10.0 Å². The second-order valence-electron chi connectivity index (χ2n) is 7.59. The lowest BCUT2D eigenvalue weighted by Gasteiger charge is -2.44. The zero-order valence-corrected chi connectivity index (χ0v) is 17.8. The topological polar surface area (TPSA) is 60.0 Å². The Morgan fingerprint density at radius 3 is 2.21 bits per heavy atom. The van der Waals surface area contributed by atoms with Crippen LogP contribution in [0.25, 0.3) is 0 Å². The Morgan fingerprint density at radius 1 is 1.00 bits per heavy atom. The average Bonchev–Trinajstić information content (AvgIpc) is 3.14. The standard InChI is InChI=1S/C21H23Cl2N3O2/c1-20(2,3)21(27-4,12-19-24-13-25-26-19)17-10-9-16(11-18(17)23)28-15-7-5-14(22)6-8-15/h5-11,13H,12H2,1-4H3,(H,24,25,26). The summed E-state index contributed by atoms with van der Waals surface area (Å²) in [5, 5.41) is 8.08. The molecule has 0 saturated heterocycles. The van der Waals surface area contributed by atoms with Gasteiger partial charge in [0.2, 0.25) is 0 Å². The predicted octanol–water partition coefficient (Wildman–Crippen LogP) is 6.03. The molecule has 5 nitrogen and oxygen atoms in total. The van der Waals surface area contributed by atoms with Crippen molar-refractivity contribution < 1.29 is 9.47 Å². The van der Waals surface area contributed by atoms with E-state index < -0.39 is 5.60 Å². The van der Waals surface area contributed by atoms with Gasteiger partial charge in [0, 0.05) is 24.1 Å². The van der Waals surface area contributed by atoms with Gasteiger partial charge in [-0.05, 0) is 41.8 Å². The first-order chi connectivity index (χ1) is 13.2. The van der Waals surface area contributed by atoms with Crippen LogP contribution in [-0.4, -0.2) is 22.3 Å². The molecule has 148 valence electrons. The van der Waals surface area contributed by atoms with E-state index in [2.05, 4.69) is 36.0 Å². The van der Waals surface area contributed by atoms with Gasteiger partial charge in [-0.3, -0.25) is 5.10 Å². The summed E-state index contributed by atoms with van der Waals surface area (Å²) in [7, 11) is 1.69. The second-order valence-corrected chi connectivity index (χ2v) is 8.43. The summed E-state index contributed by atoms with van der Waals surface area (Å²) in [5.41, 5.74) is -0.108. The Labute approximate surface area is 175 Å². The third-order valence-corrected chi connectivity index (χ3v) is 5.43. The average molecular weight is 420 g/mol. The number of aromatic amines is 1. The molecule has 7 heteroatoms. The largest absolute Gasteiger partial charge is 0.457 e. The molecule has 28 heavy (non-hydrogen) atoms. The maximum absolute atomic E-state index is 6.70. The monoisotopic (exact) mass is 419 g/mol. The molecule has 1 unspecified atom stereocenters.